The van der Waals surface area contributed by atoms with Crippen molar-refractivity contribution in [3.8, 4) is 34.4 Å². The number of hydrogen-bond acceptors (Lipinski definition) is 17. The number of aldehydes is 1. The topological polar surface area (TPSA) is 255 Å². The van der Waals surface area contributed by atoms with Crippen LogP contribution in [0.2, 0.25) is 0 Å². The quantitative estimate of drug-likeness (QED) is 0.0463. The summed E-state index contributed by atoms with van der Waals surface area (Å²) in [5.41, 5.74) is 8.69. The summed E-state index contributed by atoms with van der Waals surface area (Å²) < 4.78 is 152. The number of furan rings is 3. The minimum absolute atomic E-state index is 0. The van der Waals surface area contributed by atoms with Crippen LogP contribution < -0.4 is 5.73 Å². The average molecular weight is 1550 g/mol. The molecule has 0 fully saturated rings. The summed E-state index contributed by atoms with van der Waals surface area (Å²) >= 11 is 1.32. The number of nitrogen functional groups attached to an aromatic ring is 1. The first kappa shape index (κ1) is 68.3. The minimum Gasteiger partial charge on any atom is -0.463 e. The summed E-state index contributed by atoms with van der Waals surface area (Å²) in [4.78, 5) is 77.5. The molecule has 474 valence electrons. The van der Waals surface area contributed by atoms with E-state index in [0.717, 1.165) is 48.7 Å². The third kappa shape index (κ3) is 14.4. The molecule has 0 spiro atoms. The van der Waals surface area contributed by atoms with Gasteiger partial charge in [-0.2, -0.15) is 0 Å². The van der Waals surface area contributed by atoms with Gasteiger partial charge in [0.2, 0.25) is 20.9 Å². The molecule has 10 aromatic rings. The number of anilines is 1. The van der Waals surface area contributed by atoms with E-state index in [9.17, 15) is 62.7 Å². The number of fused-ring (bicyclic) bond motifs is 3. The van der Waals surface area contributed by atoms with E-state index in [0.29, 0.717) is 63.4 Å². The molecule has 2 radical (unpaired) electrons. The molecule has 19 nitrogen and oxygen atoms in total. The van der Waals surface area contributed by atoms with Crippen molar-refractivity contribution in [3.05, 3.63) is 231 Å². The summed E-state index contributed by atoms with van der Waals surface area (Å²) in [6.45, 7) is 0. The number of hydrogen-bond donors (Lipinski definition) is 1. The predicted molar refractivity (Wildman–Crippen MR) is 326 cm³/mol. The van der Waals surface area contributed by atoms with E-state index < -0.39 is 67.4 Å². The molecular formula is C63H43BF8N10O9S2U. The minimum atomic E-state index is -3.83. The van der Waals surface area contributed by atoms with E-state index in [2.05, 4.69) is 38.3 Å². The number of nitrogens with two attached hydrogens (primary N) is 1. The molecule has 0 bridgehead atoms. The molecule has 0 atom stereocenters. The zero-order chi connectivity index (χ0) is 68.0. The van der Waals surface area contributed by atoms with E-state index in [1.54, 1.807) is 37.4 Å². The molecule has 0 aliphatic carbocycles. The van der Waals surface area contributed by atoms with Crippen molar-refractivity contribution in [2.24, 2.45) is 0 Å². The van der Waals surface area contributed by atoms with Crippen LogP contribution in [0, 0.1) is 77.7 Å². The summed E-state index contributed by atoms with van der Waals surface area (Å²) in [5, 5.41) is -0.0510. The molecular weight excluding hydrogens is 1510 g/mol. The van der Waals surface area contributed by atoms with E-state index in [1.165, 1.54) is 102 Å². The summed E-state index contributed by atoms with van der Waals surface area (Å²) in [7, 11) is 4.45. The van der Waals surface area contributed by atoms with Gasteiger partial charge in [-0.05, 0) is 111 Å². The standard InChI is InChI=1S/C19H13F2N3O4S.C19H13F2N3O2S.C18H12F2N4O2.C7H4F2O.BH.U/c1-24-13(8-10-5-6-11(20)9-12(10)21)16-15(18(24)25)17(14-4-3-7-28-14)23-19(22-16)29(2,26)27;1-24-13(8-10-5-6-11(20)9-12(10)21)16-15(18(24)25)17(14-4-3-7-26-14)23-19(22-16)27-2;1-24-12(7-9-4-5-10(19)8-11(9)20)15-14(17(24)25)16(23-18(21)22-15)13-3-2-6-26-13;8-6-2-1-5(4-10)7(9)3-6;;/h3-9H,1-2H3;3-9H,1-2H3;2-8H,1H3,(H2,21,22,23);1-4H;1H;/b2*13-8-;12-7-;;;/i;;;;1D;. The van der Waals surface area contributed by atoms with Crippen LogP contribution in [0.25, 0.3) is 69.7 Å². The summed E-state index contributed by atoms with van der Waals surface area (Å²) in [6, 6.07) is 22.1. The van der Waals surface area contributed by atoms with Gasteiger partial charge in [-0.1, -0.05) is 11.8 Å². The van der Waals surface area contributed by atoms with E-state index in [1.807, 2.05) is 6.26 Å². The Kier molecular flexibility index (Phi) is 20.9. The molecule has 3 aliphatic heterocycles. The summed E-state index contributed by atoms with van der Waals surface area (Å²) in [6.07, 6.45) is 11.6. The first-order chi connectivity index (χ1) is 44.8. The van der Waals surface area contributed by atoms with Crippen molar-refractivity contribution in [2.75, 3.05) is 39.4 Å². The van der Waals surface area contributed by atoms with Crippen LogP contribution in [0.3, 0.4) is 0 Å². The van der Waals surface area contributed by atoms with Gasteiger partial charge in [0, 0.05) is 108 Å². The van der Waals surface area contributed by atoms with E-state index in [-0.39, 0.29) is 116 Å². The Morgan fingerprint density at radius 3 is 1.11 bits per heavy atom. The van der Waals surface area contributed by atoms with Crippen molar-refractivity contribution >= 4 is 95.3 Å². The Balaban J connectivity index is 0.000000167. The molecule has 31 heteroatoms. The van der Waals surface area contributed by atoms with Gasteiger partial charge in [-0.25, -0.2) is 73.4 Å². The van der Waals surface area contributed by atoms with Gasteiger partial charge in [0.15, 0.2) is 28.7 Å². The molecule has 0 saturated carbocycles. The number of halogens is 8. The van der Waals surface area contributed by atoms with Crippen LogP contribution >= 0.6 is 11.8 Å². The van der Waals surface area contributed by atoms with Crippen molar-refractivity contribution in [2.45, 2.75) is 10.3 Å². The van der Waals surface area contributed by atoms with Gasteiger partial charge in [-0.15, -0.1) is 0 Å². The Labute approximate surface area is 559 Å². The molecule has 2 N–H and O–H groups in total. The van der Waals surface area contributed by atoms with Crippen LogP contribution in [0.15, 0.2) is 152 Å². The van der Waals surface area contributed by atoms with Gasteiger partial charge in [0.25, 0.3) is 17.7 Å². The number of amides is 3. The second-order valence-corrected chi connectivity index (χ2v) is 22.4. The number of carbonyl (C=O) groups is 4. The molecule has 4 aromatic carbocycles. The molecule has 9 heterocycles. The van der Waals surface area contributed by atoms with Gasteiger partial charge >= 0.3 is 0 Å². The fourth-order valence-corrected chi connectivity index (χ4v) is 10.1. The Hall–Kier alpha value is -10.1. The number of thioether (sulfide) groups is 1. The fourth-order valence-electron chi connectivity index (χ4n) is 9.25. The molecule has 3 aliphatic rings. The number of carbonyl (C=O) groups excluding carboxylic acids is 4. The third-order valence-electron chi connectivity index (χ3n) is 13.7. The Morgan fingerprint density at radius 1 is 0.489 bits per heavy atom. The zero-order valence-corrected chi connectivity index (χ0v) is 54.9. The molecule has 94 heavy (non-hydrogen) atoms. The number of nitrogens with zero attached hydrogens (tertiary/aromatic N) is 9. The van der Waals surface area contributed by atoms with Crippen LogP contribution in [-0.2, 0) is 9.84 Å². The van der Waals surface area contributed by atoms with Gasteiger partial charge in [0.1, 0.15) is 80.7 Å². The molecule has 13 rings (SSSR count). The monoisotopic (exact) mass is 1550 g/mol. The number of benzene rings is 4. The van der Waals surface area contributed by atoms with Crippen LogP contribution in [0.5, 0.6) is 0 Å². The number of rotatable bonds is 9. The van der Waals surface area contributed by atoms with Gasteiger partial charge in [-0.3, -0.25) is 19.2 Å². The smallest absolute Gasteiger partial charge is 0.262 e. The second kappa shape index (κ2) is 28.8. The summed E-state index contributed by atoms with van der Waals surface area (Å²) in [5.74, 6) is -6.18. The van der Waals surface area contributed by atoms with Crippen LogP contribution in [-0.4, -0.2) is 120 Å². The first-order valence-corrected chi connectivity index (χ1v) is 29.6. The Bertz CT molecular complexity index is 4840. The van der Waals surface area contributed by atoms with Crippen molar-refractivity contribution in [1.82, 2.24) is 44.6 Å². The maximum Gasteiger partial charge on any atom is 0.262 e. The first-order valence-electron chi connectivity index (χ1n) is 27.1. The Morgan fingerprint density at radius 2 is 0.787 bits per heavy atom. The fraction of sp³-hybridized carbons (Fsp3) is 0.0794. The third-order valence-corrected chi connectivity index (χ3v) is 15.1. The largest absolute Gasteiger partial charge is 0.463 e. The van der Waals surface area contributed by atoms with Gasteiger partial charge < -0.3 is 33.7 Å². The van der Waals surface area contributed by atoms with Crippen molar-refractivity contribution in [3.63, 3.8) is 0 Å². The van der Waals surface area contributed by atoms with Gasteiger partial charge in [0.05, 0.1) is 58.1 Å². The van der Waals surface area contributed by atoms with E-state index in [4.69, 9.17) is 20.3 Å². The average Bonchev–Trinajstić information content (AvgIpc) is 1.58. The van der Waals surface area contributed by atoms with Crippen molar-refractivity contribution < 1.29 is 107 Å². The van der Waals surface area contributed by atoms with E-state index >= 15 is 0 Å². The van der Waals surface area contributed by atoms with Crippen LogP contribution in [0.4, 0.5) is 41.1 Å². The predicted octanol–water partition coefficient (Wildman–Crippen LogP) is 11.6. The second-order valence-electron chi connectivity index (χ2n) is 19.7. The SMILES string of the molecule is CN1C(=O)c2c(nc(N)nc2-c2ccco2)/C1=C/c1ccc(F)cc1F.CN1C(=O)c2c(nc(S(C)(=O)=O)nc2-c2ccco2)/C1=C/c1ccc(F)cc1F.CSc1nc2c(c(-c3ccco3)n1)C(=O)N(C)/C2=C\c1ccc(F)cc1F.O=Cc1ccc(F)cc1F.[2H][B].[U]. The van der Waals surface area contributed by atoms with Crippen LogP contribution in [0.1, 0.15) is 75.2 Å². The molecule has 6 aromatic heterocycles. The normalized spacial score (nSPS) is 14.2. The maximum absolute atomic E-state index is 14.1. The number of aromatic nitrogens is 6. The molecule has 0 unspecified atom stereocenters. The maximum atomic E-state index is 14.1. The molecule has 3 amide bonds. The molecule has 0 saturated heterocycles. The number of sulfone groups is 1. The zero-order valence-electron chi connectivity index (χ0n) is 50.1. The van der Waals surface area contributed by atoms with Crippen molar-refractivity contribution in [1.29, 1.82) is 1.34 Å².